The van der Waals surface area contributed by atoms with Crippen molar-refractivity contribution in [2.45, 2.75) is 81.3 Å². The number of hydrogen-bond acceptors (Lipinski definition) is 10. The van der Waals surface area contributed by atoms with Gasteiger partial charge in [-0.15, -0.1) is 0 Å². The molecule has 6 rings (SSSR count). The van der Waals surface area contributed by atoms with E-state index in [1.807, 2.05) is 25.1 Å². The van der Waals surface area contributed by atoms with E-state index in [2.05, 4.69) is 5.32 Å². The van der Waals surface area contributed by atoms with Gasteiger partial charge in [0, 0.05) is 20.6 Å². The molecule has 3 unspecified atom stereocenters. The van der Waals surface area contributed by atoms with Crippen LogP contribution in [-0.4, -0.2) is 105 Å². The number of carbonyl (C=O) groups is 3. The van der Waals surface area contributed by atoms with E-state index in [0.717, 1.165) is 11.1 Å². The van der Waals surface area contributed by atoms with Crippen LogP contribution in [0.5, 0.6) is 5.75 Å². The molecule has 1 aliphatic carbocycles. The summed E-state index contributed by atoms with van der Waals surface area (Å²) in [7, 11) is 7.99. The number of nitrogens with zero attached hydrogens (tertiary/aromatic N) is 2. The number of esters is 1. The molecule has 1 spiro atoms. The first-order valence-corrected chi connectivity index (χ1v) is 15.3. The number of methoxy groups -OCH3 is 2. The van der Waals surface area contributed by atoms with E-state index in [4.69, 9.17) is 35.3 Å². The first kappa shape index (κ1) is 33.2. The Morgan fingerprint density at radius 2 is 1.96 bits per heavy atom. The molecule has 3 saturated heterocycles. The van der Waals surface area contributed by atoms with Gasteiger partial charge in [0.15, 0.2) is 5.72 Å². The highest BCUT2D eigenvalue weighted by Crippen LogP contribution is 2.66. The van der Waals surface area contributed by atoms with Gasteiger partial charge in [0.05, 0.1) is 25.1 Å². The second kappa shape index (κ2) is 11.9. The molecule has 4 heterocycles. The van der Waals surface area contributed by atoms with Crippen molar-refractivity contribution in [3.8, 4) is 5.75 Å². The van der Waals surface area contributed by atoms with E-state index in [9.17, 15) is 19.5 Å². The SMILES string of the molecule is COc1cc2cc(c1Cl)N(C)C(=O)C[C@H](OC(=O)[C@H](C)N(C)C)[C@@]13CC(C)(O1)C1OC(=O)N[C@](O)(C13)[C@H](OC)/C=C/C=C(\C)C2. The summed E-state index contributed by atoms with van der Waals surface area (Å²) in [6.07, 6.45) is 1.68. The van der Waals surface area contributed by atoms with Gasteiger partial charge < -0.3 is 33.7 Å². The van der Waals surface area contributed by atoms with Crippen LogP contribution >= 0.6 is 11.6 Å². The third kappa shape index (κ3) is 5.50. The van der Waals surface area contributed by atoms with Crippen LogP contribution in [0.2, 0.25) is 5.02 Å². The molecule has 0 radical (unpaired) electrons. The number of alkyl carbamates (subject to hydrolysis) is 1. The van der Waals surface area contributed by atoms with Gasteiger partial charge in [-0.3, -0.25) is 19.8 Å². The van der Waals surface area contributed by atoms with Crippen LogP contribution in [0.1, 0.15) is 39.2 Å². The first-order valence-electron chi connectivity index (χ1n) is 14.9. The Bertz CT molecular complexity index is 1440. The van der Waals surface area contributed by atoms with E-state index in [1.54, 1.807) is 52.0 Å². The molecule has 0 aromatic heterocycles. The van der Waals surface area contributed by atoms with Crippen molar-refractivity contribution < 1.29 is 43.2 Å². The molecule has 12 nitrogen and oxygen atoms in total. The highest BCUT2D eigenvalue weighted by molar-refractivity contribution is 6.35. The van der Waals surface area contributed by atoms with Crippen molar-refractivity contribution in [3.05, 3.63) is 46.5 Å². The Hall–Kier alpha value is -3.16. The van der Waals surface area contributed by atoms with Crippen LogP contribution in [-0.2, 0) is 35.0 Å². The van der Waals surface area contributed by atoms with E-state index in [1.165, 1.54) is 19.1 Å². The molecule has 1 aromatic carbocycles. The van der Waals surface area contributed by atoms with Gasteiger partial charge in [-0.1, -0.05) is 35.4 Å². The summed E-state index contributed by atoms with van der Waals surface area (Å²) in [5.74, 6) is -1.59. The zero-order chi connectivity index (χ0) is 33.1. The molecule has 1 aromatic rings. The van der Waals surface area contributed by atoms with E-state index in [-0.39, 0.29) is 17.9 Å². The monoisotopic (exact) mass is 647 g/mol. The zero-order valence-corrected chi connectivity index (χ0v) is 27.6. The smallest absolute Gasteiger partial charge is 0.409 e. The second-order valence-corrected chi connectivity index (χ2v) is 13.3. The third-order valence-corrected chi connectivity index (χ3v) is 10.0. The van der Waals surface area contributed by atoms with Crippen molar-refractivity contribution in [1.82, 2.24) is 10.2 Å². The quantitative estimate of drug-likeness (QED) is 0.459. The van der Waals surface area contributed by atoms with Gasteiger partial charge >= 0.3 is 12.1 Å². The molecule has 2 N–H and O–H groups in total. The van der Waals surface area contributed by atoms with Gasteiger partial charge in [0.25, 0.3) is 0 Å². The highest BCUT2D eigenvalue weighted by atomic mass is 35.5. The number of benzene rings is 1. The molecule has 5 aliphatic rings. The van der Waals surface area contributed by atoms with Crippen molar-refractivity contribution in [2.24, 2.45) is 5.92 Å². The van der Waals surface area contributed by atoms with Crippen LogP contribution in [0, 0.1) is 5.92 Å². The number of aliphatic hydroxyl groups is 1. The van der Waals surface area contributed by atoms with E-state index in [0.29, 0.717) is 17.9 Å². The number of ether oxygens (including phenoxy) is 5. The first-order chi connectivity index (χ1) is 21.1. The maximum absolute atomic E-state index is 14.1. The lowest BCUT2D eigenvalue weighted by molar-refractivity contribution is -0.284. The predicted molar refractivity (Wildman–Crippen MR) is 165 cm³/mol. The number of carbonyl (C=O) groups excluding carboxylic acids is 3. The second-order valence-electron chi connectivity index (χ2n) is 12.9. The Morgan fingerprint density at radius 3 is 2.58 bits per heavy atom. The fourth-order valence-electron chi connectivity index (χ4n) is 7.16. The lowest BCUT2D eigenvalue weighted by Crippen LogP contribution is -2.72. The van der Waals surface area contributed by atoms with Gasteiger partial charge in [0.1, 0.15) is 46.3 Å². The summed E-state index contributed by atoms with van der Waals surface area (Å²) in [6.45, 7) is 5.40. The van der Waals surface area contributed by atoms with Crippen LogP contribution < -0.4 is 15.0 Å². The molecule has 246 valence electrons. The Labute approximate surface area is 268 Å². The number of allylic oxidation sites excluding steroid dienone is 3. The van der Waals surface area contributed by atoms with Crippen molar-refractivity contribution in [3.63, 3.8) is 0 Å². The summed E-state index contributed by atoms with van der Waals surface area (Å²) >= 11 is 6.71. The van der Waals surface area contributed by atoms with Crippen LogP contribution in [0.25, 0.3) is 0 Å². The average molecular weight is 648 g/mol. The average Bonchev–Trinajstić information content (AvgIpc) is 3.37. The topological polar surface area (TPSA) is 136 Å². The summed E-state index contributed by atoms with van der Waals surface area (Å²) in [6, 6.07) is 2.98. The van der Waals surface area contributed by atoms with Crippen LogP contribution in [0.4, 0.5) is 10.5 Å². The summed E-state index contributed by atoms with van der Waals surface area (Å²) < 4.78 is 29.7. The van der Waals surface area contributed by atoms with Crippen LogP contribution in [0.15, 0.2) is 35.9 Å². The Morgan fingerprint density at radius 1 is 1.27 bits per heavy atom. The standard InChI is InChI=1S/C32H42ClN3O9/c1-17-10-9-11-22(42-8)32(40)26-27(44-29(39)34-32)30(3)16-31(26,45-30)23(43-28(38)18(2)35(4)5)15-24(37)36(6)20-13-19(12-17)14-21(41-7)25(20)33/h9-11,13-14,18,22-23,26-27,40H,12,15-16H2,1-8H3,(H,34,39)/b11-9+,17-10+/t18-,22+,23-,26?,27?,30?,31+,32+/m0/s1. The van der Waals surface area contributed by atoms with Crippen molar-refractivity contribution >= 4 is 35.3 Å². The van der Waals surface area contributed by atoms with Crippen LogP contribution in [0.3, 0.4) is 0 Å². The maximum Gasteiger partial charge on any atom is 0.409 e. The molecule has 4 bridgehead atoms. The van der Waals surface area contributed by atoms with Gasteiger partial charge in [0.2, 0.25) is 5.91 Å². The molecule has 13 heteroatoms. The minimum Gasteiger partial charge on any atom is -0.495 e. The van der Waals surface area contributed by atoms with Crippen molar-refractivity contribution in [1.29, 1.82) is 0 Å². The van der Waals surface area contributed by atoms with E-state index >= 15 is 0 Å². The lowest BCUT2D eigenvalue weighted by Gasteiger charge is -2.52. The third-order valence-electron chi connectivity index (χ3n) is 9.64. The molecule has 45 heavy (non-hydrogen) atoms. The van der Waals surface area contributed by atoms with Crippen molar-refractivity contribution in [2.75, 3.05) is 40.3 Å². The number of likely N-dealkylation sites (N-methyl/N-ethyl adjacent to an activating group) is 1. The normalized spacial score (nSPS) is 37.0. The van der Waals surface area contributed by atoms with Gasteiger partial charge in [-0.05, 0) is 59.0 Å². The number of hydrogen-bond donors (Lipinski definition) is 2. The number of anilines is 1. The molecule has 1 saturated carbocycles. The number of halogens is 1. The lowest BCUT2D eigenvalue weighted by atomic mass is 9.73. The fourth-order valence-corrected chi connectivity index (χ4v) is 7.47. The molecular formula is C32H42ClN3O9. The number of rotatable bonds is 5. The van der Waals surface area contributed by atoms with Gasteiger partial charge in [-0.2, -0.15) is 0 Å². The minimum absolute atomic E-state index is 0.237. The Kier molecular flexibility index (Phi) is 8.77. The molecular weight excluding hydrogens is 606 g/mol. The Balaban J connectivity index is 1.68. The maximum atomic E-state index is 14.1. The number of nitrogens with one attached hydrogen (secondary N) is 1. The van der Waals surface area contributed by atoms with Gasteiger partial charge in [-0.25, -0.2) is 4.79 Å². The fraction of sp³-hybridized carbons (Fsp3) is 0.594. The zero-order valence-electron chi connectivity index (χ0n) is 26.9. The predicted octanol–water partition coefficient (Wildman–Crippen LogP) is 2.98. The molecule has 4 fully saturated rings. The molecule has 4 aliphatic heterocycles. The largest absolute Gasteiger partial charge is 0.495 e. The molecule has 8 atom stereocenters. The summed E-state index contributed by atoms with van der Waals surface area (Å²) in [5.41, 5.74) is -2.25. The highest BCUT2D eigenvalue weighted by Gasteiger charge is 2.82. The summed E-state index contributed by atoms with van der Waals surface area (Å²) in [4.78, 5) is 43.5. The minimum atomic E-state index is -2.05. The summed E-state index contributed by atoms with van der Waals surface area (Å²) in [5, 5.41) is 15.2. The number of fused-ring (bicyclic) bond motifs is 2. The molecule has 2 amide bonds. The number of amides is 2. The van der Waals surface area contributed by atoms with E-state index < -0.39 is 65.2 Å².